The van der Waals surface area contributed by atoms with E-state index in [1.165, 1.54) is 55.8 Å². The van der Waals surface area contributed by atoms with Crippen molar-refractivity contribution in [1.82, 2.24) is 0 Å². The lowest BCUT2D eigenvalue weighted by molar-refractivity contribution is 0.830. The van der Waals surface area contributed by atoms with E-state index in [1.54, 1.807) is 0 Å². The van der Waals surface area contributed by atoms with E-state index in [4.69, 9.17) is 0 Å². The van der Waals surface area contributed by atoms with Gasteiger partial charge in [0.1, 0.15) is 0 Å². The van der Waals surface area contributed by atoms with E-state index in [-0.39, 0.29) is 0 Å². The van der Waals surface area contributed by atoms with E-state index in [9.17, 15) is 0 Å². The molecule has 8 rings (SSSR count). The minimum atomic E-state index is 1.06. The van der Waals surface area contributed by atoms with Gasteiger partial charge in [-0.05, 0) is 115 Å². The van der Waals surface area contributed by atoms with E-state index < -0.39 is 0 Å². The molecule has 0 fully saturated rings. The summed E-state index contributed by atoms with van der Waals surface area (Å²) >= 11 is 0. The lowest BCUT2D eigenvalue weighted by Crippen LogP contribution is -2.25. The molecule has 0 aliphatic heterocycles. The average molecular weight is 595 g/mol. The molecular weight excluding hydrogens is 556 g/mol. The zero-order chi connectivity index (χ0) is 30.7. The topological polar surface area (TPSA) is 6.48 Å². The fourth-order valence-electron chi connectivity index (χ4n) is 7.16. The van der Waals surface area contributed by atoms with Crippen molar-refractivity contribution in [2.45, 2.75) is 38.5 Å². The molecule has 0 bridgehead atoms. The maximum absolute atomic E-state index is 2.52. The summed E-state index contributed by atoms with van der Waals surface area (Å²) in [6.07, 6.45) is 20.8. The van der Waals surface area contributed by atoms with Gasteiger partial charge >= 0.3 is 0 Å². The summed E-state index contributed by atoms with van der Waals surface area (Å²) in [6, 6.07) is 44.0. The highest BCUT2D eigenvalue weighted by Gasteiger charge is 2.24. The number of para-hydroxylation sites is 1. The number of hydrogen-bond acceptors (Lipinski definition) is 2. The van der Waals surface area contributed by atoms with Gasteiger partial charge in [0.25, 0.3) is 0 Å². The van der Waals surface area contributed by atoms with E-state index in [1.807, 2.05) is 0 Å². The first-order valence-electron chi connectivity index (χ1n) is 16.6. The monoisotopic (exact) mass is 594 g/mol. The van der Waals surface area contributed by atoms with E-state index in [2.05, 4.69) is 168 Å². The highest BCUT2D eigenvalue weighted by Crippen LogP contribution is 2.41. The van der Waals surface area contributed by atoms with Crippen LogP contribution in [0.25, 0.3) is 21.9 Å². The number of fused-ring (bicyclic) bond motifs is 2. The van der Waals surface area contributed by atoms with E-state index in [0.717, 1.165) is 49.9 Å². The second kappa shape index (κ2) is 12.6. The van der Waals surface area contributed by atoms with Crippen LogP contribution in [0, 0.1) is 0 Å². The Hall–Kier alpha value is -5.34. The molecule has 224 valence electrons. The van der Waals surface area contributed by atoms with Gasteiger partial charge in [0, 0.05) is 33.8 Å². The molecular formula is C44H38N2. The molecule has 0 spiro atoms. The summed E-state index contributed by atoms with van der Waals surface area (Å²) in [5, 5.41) is 2.48. The van der Waals surface area contributed by atoms with Gasteiger partial charge in [-0.15, -0.1) is 0 Å². The Bertz CT molecular complexity index is 2020. The highest BCUT2D eigenvalue weighted by atomic mass is 15.2. The molecule has 0 unspecified atom stereocenters. The number of allylic oxidation sites excluding steroid dienone is 9. The van der Waals surface area contributed by atoms with Crippen molar-refractivity contribution in [1.29, 1.82) is 0 Å². The second-order valence-corrected chi connectivity index (χ2v) is 12.3. The number of hydrogen-bond donors (Lipinski definition) is 0. The quantitative estimate of drug-likeness (QED) is 0.185. The first-order valence-corrected chi connectivity index (χ1v) is 16.6. The molecule has 2 nitrogen and oxygen atoms in total. The zero-order valence-corrected chi connectivity index (χ0v) is 26.1. The van der Waals surface area contributed by atoms with Crippen molar-refractivity contribution in [2.24, 2.45) is 0 Å². The van der Waals surface area contributed by atoms with Gasteiger partial charge < -0.3 is 9.80 Å². The largest absolute Gasteiger partial charge is 0.314 e. The number of rotatable bonds is 7. The Morgan fingerprint density at radius 1 is 0.457 bits per heavy atom. The van der Waals surface area contributed by atoms with Crippen molar-refractivity contribution >= 4 is 33.5 Å². The van der Waals surface area contributed by atoms with E-state index in [0.29, 0.717) is 0 Å². The first kappa shape index (κ1) is 28.2. The molecule has 5 aromatic rings. The van der Waals surface area contributed by atoms with Crippen LogP contribution >= 0.6 is 0 Å². The van der Waals surface area contributed by atoms with Crippen LogP contribution in [0.1, 0.15) is 38.5 Å². The molecule has 0 radical (unpaired) electrons. The third-order valence-electron chi connectivity index (χ3n) is 9.40. The molecule has 2 heteroatoms. The number of nitrogens with zero attached hydrogens (tertiary/aromatic N) is 2. The van der Waals surface area contributed by atoms with Crippen molar-refractivity contribution in [3.05, 3.63) is 180 Å². The minimum Gasteiger partial charge on any atom is -0.314 e. The maximum Gasteiger partial charge on any atom is 0.0540 e. The van der Waals surface area contributed by atoms with Crippen LogP contribution in [0.15, 0.2) is 180 Å². The Labute approximate surface area is 272 Å². The van der Waals surface area contributed by atoms with Crippen LogP contribution < -0.4 is 9.80 Å². The Morgan fingerprint density at radius 3 is 1.89 bits per heavy atom. The van der Waals surface area contributed by atoms with Crippen LogP contribution in [0.5, 0.6) is 0 Å². The first-order chi connectivity index (χ1) is 22.8. The molecule has 0 saturated heterocycles. The van der Waals surface area contributed by atoms with Crippen molar-refractivity contribution in [2.75, 3.05) is 9.80 Å². The molecule has 3 aliphatic carbocycles. The van der Waals surface area contributed by atoms with Gasteiger partial charge in [-0.3, -0.25) is 0 Å². The molecule has 0 amide bonds. The molecule has 0 atom stereocenters. The molecule has 0 N–H and O–H groups in total. The van der Waals surface area contributed by atoms with Crippen LogP contribution in [0.3, 0.4) is 0 Å². The van der Waals surface area contributed by atoms with Gasteiger partial charge in [0.15, 0.2) is 0 Å². The average Bonchev–Trinajstić information content (AvgIpc) is 3.14. The highest BCUT2D eigenvalue weighted by molar-refractivity contribution is 5.99. The Balaban J connectivity index is 1.14. The number of benzene rings is 5. The zero-order valence-electron chi connectivity index (χ0n) is 26.1. The number of anilines is 4. The lowest BCUT2D eigenvalue weighted by atomic mass is 9.87. The van der Waals surface area contributed by atoms with Crippen LogP contribution in [-0.4, -0.2) is 0 Å². The molecule has 0 saturated carbocycles. The molecule has 0 heterocycles. The maximum atomic E-state index is 2.52. The molecule has 0 aromatic heterocycles. The summed E-state index contributed by atoms with van der Waals surface area (Å²) in [5.74, 6) is 0. The Morgan fingerprint density at radius 2 is 1.13 bits per heavy atom. The predicted molar refractivity (Wildman–Crippen MR) is 196 cm³/mol. The second-order valence-electron chi connectivity index (χ2n) is 12.3. The SMILES string of the molecule is C1=CC(N(C2=C3C=CCCC3=CCC2)c2ccc(-c3ccc(N(c4ccccc4)c4cccc5ccccc45)cc3)cc2)=CCC1. The van der Waals surface area contributed by atoms with Crippen LogP contribution in [0.4, 0.5) is 22.7 Å². The Kier molecular flexibility index (Phi) is 7.70. The third-order valence-corrected chi connectivity index (χ3v) is 9.40. The lowest BCUT2D eigenvalue weighted by Gasteiger charge is -2.34. The summed E-state index contributed by atoms with van der Waals surface area (Å²) in [6.45, 7) is 0. The fraction of sp³-hybridized carbons (Fsp3) is 0.136. The van der Waals surface area contributed by atoms with Crippen LogP contribution in [-0.2, 0) is 0 Å². The van der Waals surface area contributed by atoms with Gasteiger partial charge in [-0.2, -0.15) is 0 Å². The fourth-order valence-corrected chi connectivity index (χ4v) is 7.16. The summed E-state index contributed by atoms with van der Waals surface area (Å²) in [4.78, 5) is 4.88. The van der Waals surface area contributed by atoms with Crippen LogP contribution in [0.2, 0.25) is 0 Å². The summed E-state index contributed by atoms with van der Waals surface area (Å²) < 4.78 is 0. The standard InChI is InChI=1S/C44H38N2/c1-3-17-37(18-4-1)45(43-23-11-15-35-13-7-9-21-41(35)43)39-29-25-33(26-30-39)34-27-31-40(32-28-34)46(38-19-5-2-6-20-38)44-24-12-16-36-14-8-10-22-42(36)44/h1,3-5,7,9-11,13,15-23,25-32H,2,6,8,12,14,24H2. The van der Waals surface area contributed by atoms with Crippen molar-refractivity contribution < 1.29 is 0 Å². The van der Waals surface area contributed by atoms with Gasteiger partial charge in [-0.25, -0.2) is 0 Å². The third kappa shape index (κ3) is 5.41. The van der Waals surface area contributed by atoms with Gasteiger partial charge in [0.2, 0.25) is 0 Å². The molecule has 46 heavy (non-hydrogen) atoms. The van der Waals surface area contributed by atoms with Crippen molar-refractivity contribution in [3.63, 3.8) is 0 Å². The minimum absolute atomic E-state index is 1.06. The predicted octanol–water partition coefficient (Wildman–Crippen LogP) is 12.3. The molecule has 5 aromatic carbocycles. The smallest absolute Gasteiger partial charge is 0.0540 e. The summed E-state index contributed by atoms with van der Waals surface area (Å²) in [5.41, 5.74) is 12.8. The van der Waals surface area contributed by atoms with Crippen molar-refractivity contribution in [3.8, 4) is 11.1 Å². The normalized spacial score (nSPS) is 15.7. The summed E-state index contributed by atoms with van der Waals surface area (Å²) in [7, 11) is 0. The molecule has 3 aliphatic rings. The van der Waals surface area contributed by atoms with E-state index >= 15 is 0 Å². The van der Waals surface area contributed by atoms with Gasteiger partial charge in [-0.1, -0.05) is 109 Å². The van der Waals surface area contributed by atoms with Gasteiger partial charge in [0.05, 0.1) is 5.69 Å².